The fourth-order valence-corrected chi connectivity index (χ4v) is 2.21. The van der Waals surface area contributed by atoms with Crippen LogP contribution in [0.4, 0.5) is 0 Å². The molecule has 0 amide bonds. The Kier molecular flexibility index (Phi) is 3.90. The van der Waals surface area contributed by atoms with Gasteiger partial charge in [-0.25, -0.2) is 0 Å². The van der Waals surface area contributed by atoms with Crippen molar-refractivity contribution in [2.75, 3.05) is 0 Å². The Labute approximate surface area is 114 Å². The zero-order chi connectivity index (χ0) is 14.0. The molecule has 102 valence electrons. The summed E-state index contributed by atoms with van der Waals surface area (Å²) in [5, 5.41) is 17.2. The molecule has 0 aliphatic heterocycles. The summed E-state index contributed by atoms with van der Waals surface area (Å²) in [5.41, 5.74) is 4.69. The monoisotopic (exact) mass is 259 g/mol. The average Bonchev–Trinajstić information content (AvgIpc) is 2.62. The average molecular weight is 259 g/mol. The lowest BCUT2D eigenvalue weighted by atomic mass is 10.1. The second-order valence-corrected chi connectivity index (χ2v) is 4.97. The standard InChI is InChI=1S/C15H21N3O/c1-10(13-5-7-14(19)8-6-13)16-9-15-11(2)17-18(4)12(15)3/h5-8,10,16,19H,9H2,1-4H3. The number of phenolic OH excluding ortho intramolecular Hbond substituents is 1. The number of nitrogens with one attached hydrogen (secondary N) is 1. The van der Waals surface area contributed by atoms with Gasteiger partial charge >= 0.3 is 0 Å². The molecular weight excluding hydrogens is 238 g/mol. The number of phenols is 1. The van der Waals surface area contributed by atoms with Crippen molar-refractivity contribution in [1.82, 2.24) is 15.1 Å². The summed E-state index contributed by atoms with van der Waals surface area (Å²) in [4.78, 5) is 0. The van der Waals surface area contributed by atoms with Crippen molar-refractivity contribution >= 4 is 0 Å². The second-order valence-electron chi connectivity index (χ2n) is 4.97. The zero-order valence-electron chi connectivity index (χ0n) is 11.9. The third kappa shape index (κ3) is 2.96. The molecule has 0 radical (unpaired) electrons. The molecule has 0 aliphatic rings. The van der Waals surface area contributed by atoms with E-state index in [1.54, 1.807) is 12.1 Å². The van der Waals surface area contributed by atoms with Crippen LogP contribution in [0.25, 0.3) is 0 Å². The summed E-state index contributed by atoms with van der Waals surface area (Å²) in [7, 11) is 1.97. The largest absolute Gasteiger partial charge is 0.508 e. The summed E-state index contributed by atoms with van der Waals surface area (Å²) in [6.45, 7) is 7.04. The van der Waals surface area contributed by atoms with E-state index in [-0.39, 0.29) is 6.04 Å². The van der Waals surface area contributed by atoms with Crippen molar-refractivity contribution in [3.8, 4) is 5.75 Å². The van der Waals surface area contributed by atoms with Crippen LogP contribution in [0.5, 0.6) is 5.75 Å². The minimum atomic E-state index is 0.236. The molecule has 1 unspecified atom stereocenters. The third-order valence-corrected chi connectivity index (χ3v) is 3.64. The fraction of sp³-hybridized carbons (Fsp3) is 0.400. The second kappa shape index (κ2) is 5.45. The van der Waals surface area contributed by atoms with Crippen LogP contribution in [0.1, 0.15) is 35.5 Å². The van der Waals surface area contributed by atoms with E-state index in [2.05, 4.69) is 24.3 Å². The Morgan fingerprint density at radius 3 is 2.42 bits per heavy atom. The van der Waals surface area contributed by atoms with E-state index in [4.69, 9.17) is 0 Å². The van der Waals surface area contributed by atoms with Gasteiger partial charge < -0.3 is 10.4 Å². The van der Waals surface area contributed by atoms with Crippen molar-refractivity contribution in [3.63, 3.8) is 0 Å². The van der Waals surface area contributed by atoms with Gasteiger partial charge in [-0.05, 0) is 38.5 Å². The minimum Gasteiger partial charge on any atom is -0.508 e. The van der Waals surface area contributed by atoms with Crippen molar-refractivity contribution in [2.45, 2.75) is 33.4 Å². The minimum absolute atomic E-state index is 0.236. The molecule has 0 spiro atoms. The molecule has 1 atom stereocenters. The van der Waals surface area contributed by atoms with E-state index in [1.165, 1.54) is 11.3 Å². The first-order chi connectivity index (χ1) is 8.99. The molecule has 2 aromatic rings. The normalized spacial score (nSPS) is 12.6. The van der Waals surface area contributed by atoms with Crippen molar-refractivity contribution < 1.29 is 5.11 Å². The Hall–Kier alpha value is -1.81. The Morgan fingerprint density at radius 1 is 1.26 bits per heavy atom. The highest BCUT2D eigenvalue weighted by molar-refractivity contribution is 5.28. The van der Waals surface area contributed by atoms with Crippen LogP contribution < -0.4 is 5.32 Å². The first kappa shape index (κ1) is 13.6. The van der Waals surface area contributed by atoms with Crippen molar-refractivity contribution in [2.24, 2.45) is 7.05 Å². The number of hydrogen-bond donors (Lipinski definition) is 2. The van der Waals surface area contributed by atoms with Crippen LogP contribution in [-0.4, -0.2) is 14.9 Å². The maximum absolute atomic E-state index is 9.29. The molecular formula is C15H21N3O. The molecule has 19 heavy (non-hydrogen) atoms. The fourth-order valence-electron chi connectivity index (χ4n) is 2.21. The van der Waals surface area contributed by atoms with E-state index in [1.807, 2.05) is 30.8 Å². The highest BCUT2D eigenvalue weighted by Gasteiger charge is 2.11. The molecule has 1 aromatic heterocycles. The smallest absolute Gasteiger partial charge is 0.115 e. The number of aromatic hydroxyl groups is 1. The predicted molar refractivity (Wildman–Crippen MR) is 76.0 cm³/mol. The zero-order valence-corrected chi connectivity index (χ0v) is 11.9. The van der Waals surface area contributed by atoms with Crippen LogP contribution in [-0.2, 0) is 13.6 Å². The molecule has 0 saturated carbocycles. The lowest BCUT2D eigenvalue weighted by molar-refractivity contribution is 0.474. The van der Waals surface area contributed by atoms with E-state index >= 15 is 0 Å². The van der Waals surface area contributed by atoms with Gasteiger partial charge in [0, 0.05) is 30.9 Å². The van der Waals surface area contributed by atoms with Crippen LogP contribution in [0.15, 0.2) is 24.3 Å². The van der Waals surface area contributed by atoms with Gasteiger partial charge in [0.2, 0.25) is 0 Å². The van der Waals surface area contributed by atoms with E-state index in [0.29, 0.717) is 5.75 Å². The summed E-state index contributed by atoms with van der Waals surface area (Å²) >= 11 is 0. The number of aryl methyl sites for hydroxylation is 2. The molecule has 4 nitrogen and oxygen atoms in total. The molecule has 0 fully saturated rings. The number of benzene rings is 1. The maximum Gasteiger partial charge on any atom is 0.115 e. The van der Waals surface area contributed by atoms with Gasteiger partial charge in [-0.15, -0.1) is 0 Å². The quantitative estimate of drug-likeness (QED) is 0.887. The van der Waals surface area contributed by atoms with Gasteiger partial charge in [0.15, 0.2) is 0 Å². The first-order valence-corrected chi connectivity index (χ1v) is 6.50. The summed E-state index contributed by atoms with van der Waals surface area (Å²) < 4.78 is 1.91. The Bertz CT molecular complexity index is 558. The highest BCUT2D eigenvalue weighted by atomic mass is 16.3. The van der Waals surface area contributed by atoms with Gasteiger partial charge in [-0.2, -0.15) is 5.10 Å². The van der Waals surface area contributed by atoms with Crippen LogP contribution >= 0.6 is 0 Å². The van der Waals surface area contributed by atoms with Gasteiger partial charge in [0.25, 0.3) is 0 Å². The van der Waals surface area contributed by atoms with Gasteiger partial charge in [-0.1, -0.05) is 12.1 Å². The van der Waals surface area contributed by atoms with Gasteiger partial charge in [0.05, 0.1) is 5.69 Å². The number of hydrogen-bond acceptors (Lipinski definition) is 3. The van der Waals surface area contributed by atoms with Crippen molar-refractivity contribution in [3.05, 3.63) is 46.8 Å². The Morgan fingerprint density at radius 2 is 1.89 bits per heavy atom. The molecule has 1 heterocycles. The SMILES string of the molecule is Cc1nn(C)c(C)c1CNC(C)c1ccc(O)cc1. The lowest BCUT2D eigenvalue weighted by Crippen LogP contribution is -2.18. The van der Waals surface area contributed by atoms with Crippen LogP contribution in [0.2, 0.25) is 0 Å². The molecule has 0 aliphatic carbocycles. The molecule has 2 N–H and O–H groups in total. The number of nitrogens with zero attached hydrogens (tertiary/aromatic N) is 2. The van der Waals surface area contributed by atoms with E-state index in [0.717, 1.165) is 17.8 Å². The molecule has 2 rings (SSSR count). The molecule has 4 heteroatoms. The van der Waals surface area contributed by atoms with E-state index < -0.39 is 0 Å². The maximum atomic E-state index is 9.29. The highest BCUT2D eigenvalue weighted by Crippen LogP contribution is 2.18. The van der Waals surface area contributed by atoms with Crippen molar-refractivity contribution in [1.29, 1.82) is 0 Å². The molecule has 0 bridgehead atoms. The van der Waals surface area contributed by atoms with Crippen LogP contribution in [0.3, 0.4) is 0 Å². The third-order valence-electron chi connectivity index (χ3n) is 3.64. The lowest BCUT2D eigenvalue weighted by Gasteiger charge is -2.14. The summed E-state index contributed by atoms with van der Waals surface area (Å²) in [6, 6.07) is 7.55. The Balaban J connectivity index is 2.04. The number of aromatic nitrogens is 2. The summed E-state index contributed by atoms with van der Waals surface area (Å²) in [5.74, 6) is 0.301. The van der Waals surface area contributed by atoms with E-state index in [9.17, 15) is 5.11 Å². The van der Waals surface area contributed by atoms with Gasteiger partial charge in [-0.3, -0.25) is 4.68 Å². The predicted octanol–water partition coefficient (Wildman–Crippen LogP) is 2.59. The molecule has 0 saturated heterocycles. The first-order valence-electron chi connectivity index (χ1n) is 6.50. The molecule has 1 aromatic carbocycles. The van der Waals surface area contributed by atoms with Gasteiger partial charge in [0.1, 0.15) is 5.75 Å². The topological polar surface area (TPSA) is 50.1 Å². The summed E-state index contributed by atoms with van der Waals surface area (Å²) in [6.07, 6.45) is 0. The number of rotatable bonds is 4. The van der Waals surface area contributed by atoms with Crippen LogP contribution in [0, 0.1) is 13.8 Å².